The van der Waals surface area contributed by atoms with Crippen LogP contribution in [0.25, 0.3) is 17.0 Å². The van der Waals surface area contributed by atoms with Gasteiger partial charge in [-0.25, -0.2) is 0 Å². The first-order valence-electron chi connectivity index (χ1n) is 10.5. The van der Waals surface area contributed by atoms with Crippen molar-refractivity contribution in [3.8, 4) is 11.4 Å². The van der Waals surface area contributed by atoms with Gasteiger partial charge in [0.05, 0.1) is 0 Å². The molecule has 0 fully saturated rings. The number of rotatable bonds is 9. The second-order valence-electron chi connectivity index (χ2n) is 7.39. The zero-order valence-electron chi connectivity index (χ0n) is 17.7. The van der Waals surface area contributed by atoms with Crippen LogP contribution < -0.4 is 4.90 Å². The van der Waals surface area contributed by atoms with Crippen molar-refractivity contribution in [2.75, 3.05) is 18.0 Å². The van der Waals surface area contributed by atoms with Gasteiger partial charge in [-0.15, -0.1) is 15.3 Å². The Morgan fingerprint density at radius 1 is 1.07 bits per heavy atom. The van der Waals surface area contributed by atoms with E-state index in [1.807, 2.05) is 47.8 Å². The minimum Gasteiger partial charge on any atom is -0.355 e. The maximum atomic E-state index is 5.45. The summed E-state index contributed by atoms with van der Waals surface area (Å²) in [5.41, 5.74) is 2.86. The summed E-state index contributed by atoms with van der Waals surface area (Å²) in [6.45, 7) is 8.30. The average Bonchev–Trinajstić information content (AvgIpc) is 3.40. The molecule has 0 aliphatic carbocycles. The first-order valence-corrected chi connectivity index (χ1v) is 10.5. The Morgan fingerprint density at radius 2 is 1.97 bits per heavy atom. The summed E-state index contributed by atoms with van der Waals surface area (Å²) in [6.07, 6.45) is 3.50. The number of benzene rings is 1. The van der Waals surface area contributed by atoms with E-state index in [4.69, 9.17) is 9.62 Å². The molecular formula is C22H27N7O. The quantitative estimate of drug-likeness (QED) is 0.417. The van der Waals surface area contributed by atoms with E-state index in [1.54, 1.807) is 0 Å². The van der Waals surface area contributed by atoms with Gasteiger partial charge in [0.15, 0.2) is 11.5 Å². The molecule has 0 N–H and O–H groups in total. The molecule has 3 aromatic heterocycles. The van der Waals surface area contributed by atoms with E-state index in [9.17, 15) is 0 Å². The standard InChI is InChI=1S/C22H27N7O/c1-4-6-14-28(5-2)20-11-10-18-24-25-19(29(18)26-20)12-13-21-23-22(27-30-21)17-9-7-8-16(3)15-17/h7-11,15H,4-6,12-14H2,1-3H3. The summed E-state index contributed by atoms with van der Waals surface area (Å²) < 4.78 is 7.27. The van der Waals surface area contributed by atoms with Crippen LogP contribution in [0, 0.1) is 6.92 Å². The number of aryl methyl sites for hydroxylation is 3. The molecule has 156 valence electrons. The Balaban J connectivity index is 1.50. The molecule has 4 rings (SSSR count). The van der Waals surface area contributed by atoms with Gasteiger partial charge < -0.3 is 9.42 Å². The third kappa shape index (κ3) is 4.32. The van der Waals surface area contributed by atoms with Crippen molar-refractivity contribution in [2.45, 2.75) is 46.5 Å². The van der Waals surface area contributed by atoms with Gasteiger partial charge in [0, 0.05) is 31.5 Å². The Bertz CT molecular complexity index is 1120. The number of aromatic nitrogens is 6. The summed E-state index contributed by atoms with van der Waals surface area (Å²) in [7, 11) is 0. The fourth-order valence-corrected chi connectivity index (χ4v) is 3.41. The lowest BCUT2D eigenvalue weighted by molar-refractivity contribution is 0.377. The highest BCUT2D eigenvalue weighted by molar-refractivity contribution is 5.55. The highest BCUT2D eigenvalue weighted by Crippen LogP contribution is 2.18. The highest BCUT2D eigenvalue weighted by atomic mass is 16.5. The monoisotopic (exact) mass is 405 g/mol. The van der Waals surface area contributed by atoms with Crippen LogP contribution in [0.5, 0.6) is 0 Å². The van der Waals surface area contributed by atoms with Crippen molar-refractivity contribution >= 4 is 11.5 Å². The van der Waals surface area contributed by atoms with Crippen LogP contribution in [0.15, 0.2) is 40.9 Å². The lowest BCUT2D eigenvalue weighted by atomic mass is 10.1. The lowest BCUT2D eigenvalue weighted by Crippen LogP contribution is -2.25. The zero-order chi connectivity index (χ0) is 20.9. The molecule has 0 saturated carbocycles. The maximum Gasteiger partial charge on any atom is 0.227 e. The van der Waals surface area contributed by atoms with Crippen LogP contribution in [-0.4, -0.2) is 43.0 Å². The number of anilines is 1. The van der Waals surface area contributed by atoms with Crippen LogP contribution in [0.3, 0.4) is 0 Å². The maximum absolute atomic E-state index is 5.45. The van der Waals surface area contributed by atoms with Gasteiger partial charge in [0.25, 0.3) is 0 Å². The molecular weight excluding hydrogens is 378 g/mol. The number of unbranched alkanes of at least 4 members (excludes halogenated alkanes) is 1. The van der Waals surface area contributed by atoms with Crippen LogP contribution in [0.1, 0.15) is 44.0 Å². The third-order valence-corrected chi connectivity index (χ3v) is 5.11. The van der Waals surface area contributed by atoms with E-state index in [1.165, 1.54) is 0 Å². The normalized spacial score (nSPS) is 11.3. The Hall–Kier alpha value is -3.29. The summed E-state index contributed by atoms with van der Waals surface area (Å²) in [5, 5.41) is 17.5. The van der Waals surface area contributed by atoms with E-state index >= 15 is 0 Å². The molecule has 0 atom stereocenters. The molecule has 0 saturated heterocycles. The SMILES string of the molecule is CCCCN(CC)c1ccc2nnc(CCc3nc(-c4cccc(C)c4)no3)n2n1. The molecule has 30 heavy (non-hydrogen) atoms. The van der Waals surface area contributed by atoms with Crippen molar-refractivity contribution in [1.29, 1.82) is 0 Å². The van der Waals surface area contributed by atoms with Crippen LogP contribution in [-0.2, 0) is 12.8 Å². The van der Waals surface area contributed by atoms with Crippen molar-refractivity contribution in [1.82, 2.24) is 30.0 Å². The first kappa shape index (κ1) is 20.0. The summed E-state index contributed by atoms with van der Waals surface area (Å²) in [4.78, 5) is 6.81. The van der Waals surface area contributed by atoms with Crippen LogP contribution in [0.2, 0.25) is 0 Å². The largest absolute Gasteiger partial charge is 0.355 e. The molecule has 8 nitrogen and oxygen atoms in total. The zero-order valence-corrected chi connectivity index (χ0v) is 17.7. The number of fused-ring (bicyclic) bond motifs is 1. The van der Waals surface area contributed by atoms with E-state index in [-0.39, 0.29) is 0 Å². The topological polar surface area (TPSA) is 85.2 Å². The molecule has 0 spiro atoms. The molecule has 4 aromatic rings. The smallest absolute Gasteiger partial charge is 0.227 e. The molecule has 0 aliphatic rings. The van der Waals surface area contributed by atoms with Gasteiger partial charge in [-0.3, -0.25) is 0 Å². The van der Waals surface area contributed by atoms with Gasteiger partial charge in [0.2, 0.25) is 11.7 Å². The Labute approximate surface area is 175 Å². The molecule has 0 aliphatic heterocycles. The minimum absolute atomic E-state index is 0.581. The fourth-order valence-electron chi connectivity index (χ4n) is 3.41. The third-order valence-electron chi connectivity index (χ3n) is 5.11. The summed E-state index contributed by atoms with van der Waals surface area (Å²) >= 11 is 0. The molecule has 0 amide bonds. The lowest BCUT2D eigenvalue weighted by Gasteiger charge is -2.21. The van der Waals surface area contributed by atoms with E-state index in [0.29, 0.717) is 24.6 Å². The van der Waals surface area contributed by atoms with Crippen molar-refractivity contribution < 1.29 is 4.52 Å². The summed E-state index contributed by atoms with van der Waals surface area (Å²) in [5.74, 6) is 2.92. The van der Waals surface area contributed by atoms with Crippen molar-refractivity contribution in [3.63, 3.8) is 0 Å². The second kappa shape index (κ2) is 9.02. The van der Waals surface area contributed by atoms with Gasteiger partial charge in [-0.2, -0.15) is 9.50 Å². The molecule has 0 unspecified atom stereocenters. The van der Waals surface area contributed by atoms with E-state index in [2.05, 4.69) is 39.1 Å². The highest BCUT2D eigenvalue weighted by Gasteiger charge is 2.14. The van der Waals surface area contributed by atoms with Crippen LogP contribution in [0.4, 0.5) is 5.82 Å². The number of nitrogens with zero attached hydrogens (tertiary/aromatic N) is 7. The Kier molecular flexibility index (Phi) is 6.02. The minimum atomic E-state index is 0.581. The second-order valence-corrected chi connectivity index (χ2v) is 7.39. The molecule has 0 radical (unpaired) electrons. The van der Waals surface area contributed by atoms with Gasteiger partial charge in [-0.05, 0) is 38.5 Å². The van der Waals surface area contributed by atoms with Gasteiger partial charge in [0.1, 0.15) is 5.82 Å². The van der Waals surface area contributed by atoms with Crippen LogP contribution >= 0.6 is 0 Å². The number of hydrogen-bond acceptors (Lipinski definition) is 7. The van der Waals surface area contributed by atoms with Crippen molar-refractivity contribution in [2.24, 2.45) is 0 Å². The average molecular weight is 406 g/mol. The predicted octanol–water partition coefficient (Wildman–Crippen LogP) is 3.89. The summed E-state index contributed by atoms with van der Waals surface area (Å²) in [6, 6.07) is 12.0. The van der Waals surface area contributed by atoms with Crippen molar-refractivity contribution in [3.05, 3.63) is 53.7 Å². The van der Waals surface area contributed by atoms with E-state index < -0.39 is 0 Å². The van der Waals surface area contributed by atoms with E-state index in [0.717, 1.165) is 54.3 Å². The molecule has 0 bridgehead atoms. The first-order chi connectivity index (χ1) is 14.7. The predicted molar refractivity (Wildman–Crippen MR) is 115 cm³/mol. The molecule has 3 heterocycles. The fraction of sp³-hybridized carbons (Fsp3) is 0.409. The molecule has 1 aromatic carbocycles. The molecule has 8 heteroatoms. The Morgan fingerprint density at radius 3 is 2.77 bits per heavy atom. The van der Waals surface area contributed by atoms with Gasteiger partial charge in [-0.1, -0.05) is 42.3 Å². The van der Waals surface area contributed by atoms with Gasteiger partial charge >= 0.3 is 0 Å². The number of hydrogen-bond donors (Lipinski definition) is 0.